The molecule has 1 aromatic carbocycles. The number of hydrogen-bond donors (Lipinski definition) is 1. The fourth-order valence-electron chi connectivity index (χ4n) is 6.90. The summed E-state index contributed by atoms with van der Waals surface area (Å²) >= 11 is 0. The number of Topliss-reactive ketones (excluding diaryl/α,β-unsaturated/α-hetero) is 1. The van der Waals surface area contributed by atoms with E-state index in [9.17, 15) is 28.0 Å². The predicted molar refractivity (Wildman–Crippen MR) is 125 cm³/mol. The Hall–Kier alpha value is -3.08. The Morgan fingerprint density at radius 1 is 1.22 bits per heavy atom. The lowest BCUT2D eigenvalue weighted by Gasteiger charge is -2.40. The third-order valence-electron chi connectivity index (χ3n) is 9.39. The van der Waals surface area contributed by atoms with E-state index < -0.39 is 35.4 Å². The standard InChI is InChI=1S/C28H29F3N2O3/c1-26(2)17-10-11-27(26,3)20(13-17)36-25(35)23-21(16-7-4-6-15(12-16)14-32)22-18(8-5-9-19(22)34)33-24(23)28(29,30)31/h4,6-7,12,17,20-21,33H,5,8-11,13H2,1-3H3. The number of nitrogens with one attached hydrogen (secondary N) is 1. The molecular weight excluding hydrogens is 469 g/mol. The third kappa shape index (κ3) is 3.58. The molecule has 4 atom stereocenters. The maximum atomic E-state index is 14.4. The van der Waals surface area contributed by atoms with Crippen LogP contribution >= 0.6 is 0 Å². The fourth-order valence-corrected chi connectivity index (χ4v) is 6.90. The van der Waals surface area contributed by atoms with E-state index in [0.717, 1.165) is 12.8 Å². The molecule has 5 rings (SSSR count). The zero-order chi connectivity index (χ0) is 26.0. The summed E-state index contributed by atoms with van der Waals surface area (Å²) < 4.78 is 49.2. The van der Waals surface area contributed by atoms with Gasteiger partial charge in [0, 0.05) is 29.0 Å². The minimum absolute atomic E-state index is 0.0977. The van der Waals surface area contributed by atoms with Crippen molar-refractivity contribution in [2.24, 2.45) is 16.7 Å². The van der Waals surface area contributed by atoms with Gasteiger partial charge in [-0.3, -0.25) is 4.79 Å². The average Bonchev–Trinajstić information content (AvgIpc) is 3.16. The quantitative estimate of drug-likeness (QED) is 0.531. The van der Waals surface area contributed by atoms with Crippen molar-refractivity contribution >= 4 is 11.8 Å². The number of ether oxygens (including phenoxy) is 1. The number of hydrogen-bond acceptors (Lipinski definition) is 5. The molecule has 0 aromatic heterocycles. The summed E-state index contributed by atoms with van der Waals surface area (Å²) in [5.41, 5.74) is -1.33. The number of allylic oxidation sites excluding steroid dienone is 3. The van der Waals surface area contributed by atoms with E-state index in [1.165, 1.54) is 12.1 Å². The average molecular weight is 499 g/mol. The smallest absolute Gasteiger partial charge is 0.431 e. The Balaban J connectivity index is 1.63. The highest BCUT2D eigenvalue weighted by molar-refractivity contribution is 6.04. The fraction of sp³-hybridized carbons (Fsp3) is 0.536. The first-order valence-electron chi connectivity index (χ1n) is 12.4. The minimum Gasteiger partial charge on any atom is -0.458 e. The van der Waals surface area contributed by atoms with Gasteiger partial charge in [0.25, 0.3) is 0 Å². The Morgan fingerprint density at radius 3 is 2.58 bits per heavy atom. The van der Waals surface area contributed by atoms with Gasteiger partial charge >= 0.3 is 12.1 Å². The van der Waals surface area contributed by atoms with E-state index in [1.807, 2.05) is 6.07 Å². The highest BCUT2D eigenvalue weighted by atomic mass is 19.4. The number of benzene rings is 1. The molecule has 0 amide bonds. The first-order valence-corrected chi connectivity index (χ1v) is 12.4. The van der Waals surface area contributed by atoms with Crippen LogP contribution in [0.4, 0.5) is 13.2 Å². The van der Waals surface area contributed by atoms with E-state index in [-0.39, 0.29) is 46.3 Å². The number of ketones is 1. The van der Waals surface area contributed by atoms with Crippen LogP contribution < -0.4 is 5.32 Å². The highest BCUT2D eigenvalue weighted by Gasteiger charge is 2.63. The third-order valence-corrected chi connectivity index (χ3v) is 9.39. The van der Waals surface area contributed by atoms with E-state index in [1.54, 1.807) is 12.1 Å². The van der Waals surface area contributed by atoms with Crippen molar-refractivity contribution in [3.05, 3.63) is 57.9 Å². The van der Waals surface area contributed by atoms with Crippen molar-refractivity contribution in [1.29, 1.82) is 5.26 Å². The molecule has 1 heterocycles. The van der Waals surface area contributed by atoms with Crippen LogP contribution in [0.2, 0.25) is 0 Å². The molecule has 1 N–H and O–H groups in total. The van der Waals surface area contributed by atoms with Gasteiger partial charge in [0.15, 0.2) is 5.78 Å². The minimum atomic E-state index is -4.86. The number of carbonyl (C=O) groups excluding carboxylic acids is 2. The Morgan fingerprint density at radius 2 is 1.97 bits per heavy atom. The molecular formula is C28H29F3N2O3. The van der Waals surface area contributed by atoms with Crippen molar-refractivity contribution in [1.82, 2.24) is 5.32 Å². The van der Waals surface area contributed by atoms with Crippen LogP contribution in [0, 0.1) is 28.1 Å². The Labute approximate surface area is 208 Å². The summed E-state index contributed by atoms with van der Waals surface area (Å²) in [4.78, 5) is 26.8. The van der Waals surface area contributed by atoms with Crippen molar-refractivity contribution < 1.29 is 27.5 Å². The maximum Gasteiger partial charge on any atom is 0.431 e. The second-order valence-corrected chi connectivity index (χ2v) is 11.3. The van der Waals surface area contributed by atoms with Crippen LogP contribution in [0.1, 0.15) is 76.3 Å². The lowest BCUT2D eigenvalue weighted by atomic mass is 9.70. The van der Waals surface area contributed by atoms with Gasteiger partial charge in [-0.05, 0) is 61.1 Å². The molecule has 3 aliphatic carbocycles. The number of fused-ring (bicyclic) bond motifs is 2. The molecule has 2 saturated carbocycles. The van der Waals surface area contributed by atoms with Crippen LogP contribution in [0.3, 0.4) is 0 Å². The van der Waals surface area contributed by atoms with Crippen molar-refractivity contribution in [2.45, 2.75) is 77.5 Å². The number of carbonyl (C=O) groups is 2. The second-order valence-electron chi connectivity index (χ2n) is 11.3. The molecule has 2 bridgehead atoms. The summed E-state index contributed by atoms with van der Waals surface area (Å²) in [5.74, 6) is -2.28. The summed E-state index contributed by atoms with van der Waals surface area (Å²) in [6, 6.07) is 8.10. The number of nitrogens with zero attached hydrogens (tertiary/aromatic N) is 1. The van der Waals surface area contributed by atoms with Crippen LogP contribution in [0.25, 0.3) is 0 Å². The molecule has 5 nitrogen and oxygen atoms in total. The second kappa shape index (κ2) is 8.22. The Kier molecular flexibility index (Phi) is 5.62. The normalized spacial score (nSPS) is 31.1. The van der Waals surface area contributed by atoms with Crippen molar-refractivity contribution in [3.8, 4) is 6.07 Å². The summed E-state index contributed by atoms with van der Waals surface area (Å²) in [5, 5.41) is 11.8. The molecule has 1 aromatic rings. The van der Waals surface area contributed by atoms with Crippen LogP contribution in [-0.4, -0.2) is 24.0 Å². The van der Waals surface area contributed by atoms with Crippen LogP contribution in [0.15, 0.2) is 46.8 Å². The number of alkyl halides is 3. The van der Waals surface area contributed by atoms with Gasteiger partial charge in [-0.25, -0.2) is 4.79 Å². The largest absolute Gasteiger partial charge is 0.458 e. The molecule has 190 valence electrons. The Bertz CT molecular complexity index is 1250. The molecule has 0 saturated heterocycles. The maximum absolute atomic E-state index is 14.4. The number of rotatable bonds is 3. The lowest BCUT2D eigenvalue weighted by molar-refractivity contribution is -0.153. The van der Waals surface area contributed by atoms with Gasteiger partial charge in [-0.1, -0.05) is 32.9 Å². The zero-order valence-electron chi connectivity index (χ0n) is 20.6. The van der Waals surface area contributed by atoms with Gasteiger partial charge in [0.05, 0.1) is 17.2 Å². The zero-order valence-corrected chi connectivity index (χ0v) is 20.6. The first kappa shape index (κ1) is 24.6. The van der Waals surface area contributed by atoms with Crippen LogP contribution in [0.5, 0.6) is 0 Å². The first-order chi connectivity index (χ1) is 16.9. The molecule has 36 heavy (non-hydrogen) atoms. The van der Waals surface area contributed by atoms with Gasteiger partial charge in [0.1, 0.15) is 11.8 Å². The predicted octanol–water partition coefficient (Wildman–Crippen LogP) is 5.83. The molecule has 0 spiro atoms. The van der Waals surface area contributed by atoms with E-state index in [2.05, 4.69) is 26.1 Å². The number of dihydropyridines is 1. The van der Waals surface area contributed by atoms with Gasteiger partial charge in [-0.2, -0.15) is 18.4 Å². The van der Waals surface area contributed by atoms with Gasteiger partial charge < -0.3 is 10.1 Å². The van der Waals surface area contributed by atoms with Crippen molar-refractivity contribution in [3.63, 3.8) is 0 Å². The lowest BCUT2D eigenvalue weighted by Crippen LogP contribution is -2.42. The number of esters is 1. The summed E-state index contributed by atoms with van der Waals surface area (Å²) in [6.45, 7) is 6.32. The molecule has 2 fully saturated rings. The van der Waals surface area contributed by atoms with E-state index in [0.29, 0.717) is 24.3 Å². The van der Waals surface area contributed by atoms with E-state index in [4.69, 9.17) is 4.74 Å². The summed E-state index contributed by atoms with van der Waals surface area (Å²) in [6.07, 6.45) is -2.03. The molecule has 8 heteroatoms. The van der Waals surface area contributed by atoms with Crippen molar-refractivity contribution in [2.75, 3.05) is 0 Å². The SMILES string of the molecule is CC1(C)C2CCC1(C)C(OC(=O)C1=C(C(F)(F)F)NC3=C(C(=O)CCC3)C1c1cccc(C#N)c1)C2. The van der Waals surface area contributed by atoms with Crippen LogP contribution in [-0.2, 0) is 14.3 Å². The number of halogens is 3. The van der Waals surface area contributed by atoms with Gasteiger partial charge in [-0.15, -0.1) is 0 Å². The van der Waals surface area contributed by atoms with Gasteiger partial charge in [0.2, 0.25) is 0 Å². The highest BCUT2D eigenvalue weighted by Crippen LogP contribution is 2.66. The summed E-state index contributed by atoms with van der Waals surface area (Å²) in [7, 11) is 0. The number of nitriles is 1. The molecule has 4 aliphatic rings. The molecule has 0 radical (unpaired) electrons. The molecule has 4 unspecified atom stereocenters. The topological polar surface area (TPSA) is 79.2 Å². The monoisotopic (exact) mass is 498 g/mol. The molecule has 1 aliphatic heterocycles. The van der Waals surface area contributed by atoms with E-state index >= 15 is 0 Å².